The molecule has 2 heterocycles. The predicted molar refractivity (Wildman–Crippen MR) is 153 cm³/mol. The summed E-state index contributed by atoms with van der Waals surface area (Å²) in [6, 6.07) is 18.3. The van der Waals surface area contributed by atoms with Gasteiger partial charge in [0.1, 0.15) is 12.2 Å². The first-order valence-electron chi connectivity index (χ1n) is 11.4. The average Bonchev–Trinajstić information content (AvgIpc) is 3.31. The minimum absolute atomic E-state index is 0.294. The van der Waals surface area contributed by atoms with Crippen molar-refractivity contribution in [3.8, 4) is 23.1 Å². The van der Waals surface area contributed by atoms with Crippen molar-refractivity contribution in [2.75, 3.05) is 13.2 Å². The summed E-state index contributed by atoms with van der Waals surface area (Å²) in [5.74, 6) is 1.84. The largest absolute Gasteiger partial charge is 0.490 e. The van der Waals surface area contributed by atoms with Gasteiger partial charge in [-0.2, -0.15) is 9.78 Å². The average molecular weight is 623 g/mol. The number of benzene rings is 3. The number of hydrogen-bond acceptors (Lipinski definition) is 6. The highest BCUT2D eigenvalue weighted by molar-refractivity contribution is 9.10. The third-order valence-corrected chi connectivity index (χ3v) is 6.53. The van der Waals surface area contributed by atoms with E-state index in [0.29, 0.717) is 62.8 Å². The molecule has 0 spiro atoms. The molecule has 0 N–H and O–H groups in total. The summed E-state index contributed by atoms with van der Waals surface area (Å²) in [6.45, 7) is 6.38. The van der Waals surface area contributed by atoms with Gasteiger partial charge in [0.25, 0.3) is 5.56 Å². The van der Waals surface area contributed by atoms with E-state index in [2.05, 4.69) is 43.5 Å². The molecule has 0 amide bonds. The third kappa shape index (κ3) is 5.10. The van der Waals surface area contributed by atoms with Crippen LogP contribution in [0.15, 0.2) is 96.6 Å². The van der Waals surface area contributed by atoms with Gasteiger partial charge in [-0.15, -0.1) is 0 Å². The molecule has 0 aliphatic rings. The summed E-state index contributed by atoms with van der Waals surface area (Å²) >= 11 is 7.03. The van der Waals surface area contributed by atoms with Gasteiger partial charge in [-0.25, -0.2) is 4.98 Å². The first kappa shape index (κ1) is 25.0. The molecular weight excluding hydrogens is 602 g/mol. The zero-order chi connectivity index (χ0) is 25.9. The number of aromatic nitrogens is 2. The molecule has 0 aliphatic carbocycles. The van der Waals surface area contributed by atoms with Crippen molar-refractivity contribution < 1.29 is 13.9 Å². The molecule has 0 radical (unpaired) electrons. The molecule has 0 saturated carbocycles. The summed E-state index contributed by atoms with van der Waals surface area (Å²) in [7, 11) is 0. The van der Waals surface area contributed by atoms with E-state index in [0.717, 1.165) is 9.86 Å². The number of nitrogens with zero attached hydrogens (tertiary/aromatic N) is 3. The Kier molecular flexibility index (Phi) is 7.25. The van der Waals surface area contributed by atoms with Crippen LogP contribution in [0.3, 0.4) is 0 Å². The van der Waals surface area contributed by atoms with E-state index in [4.69, 9.17) is 18.9 Å². The molecule has 0 bridgehead atoms. The number of ether oxygens (including phenoxy) is 2. The Morgan fingerprint density at radius 3 is 2.76 bits per heavy atom. The number of hydrogen-bond donors (Lipinski definition) is 0. The van der Waals surface area contributed by atoms with Crippen molar-refractivity contribution in [2.24, 2.45) is 5.10 Å². The molecule has 3 aromatic carbocycles. The Balaban J connectivity index is 1.65. The standard InChI is InChI=1S/C28H21Br2N3O4/c1-3-11-36-26-21(30)12-17(13-24(26)35-4-2)16-31-33-27(32-22-8-6-5-7-20(22)28(33)34)25-15-18-14-19(29)9-10-23(18)37-25/h3,5-10,12-16H,1,4,11H2,2H3. The van der Waals surface area contributed by atoms with Gasteiger partial charge < -0.3 is 13.9 Å². The minimum Gasteiger partial charge on any atom is -0.490 e. The molecule has 5 aromatic rings. The topological polar surface area (TPSA) is 78.9 Å². The Hall–Kier alpha value is -3.69. The summed E-state index contributed by atoms with van der Waals surface area (Å²) in [5.41, 5.74) is 1.62. The molecular formula is C28H21Br2N3O4. The molecule has 0 aliphatic heterocycles. The number of rotatable bonds is 8. The van der Waals surface area contributed by atoms with Gasteiger partial charge >= 0.3 is 0 Å². The quantitative estimate of drug-likeness (QED) is 0.135. The van der Waals surface area contributed by atoms with E-state index in [1.165, 1.54) is 4.68 Å². The van der Waals surface area contributed by atoms with Crippen molar-refractivity contribution in [3.05, 3.63) is 98.2 Å². The normalized spacial score (nSPS) is 11.4. The highest BCUT2D eigenvalue weighted by atomic mass is 79.9. The van der Waals surface area contributed by atoms with Gasteiger partial charge in [0.15, 0.2) is 17.3 Å². The maximum Gasteiger partial charge on any atom is 0.282 e. The maximum absolute atomic E-state index is 13.5. The fourth-order valence-corrected chi connectivity index (χ4v) is 4.80. The first-order valence-corrected chi connectivity index (χ1v) is 13.0. The van der Waals surface area contributed by atoms with E-state index in [1.54, 1.807) is 36.6 Å². The Labute approximate surface area is 229 Å². The predicted octanol–water partition coefficient (Wildman–Crippen LogP) is 7.18. The molecule has 5 rings (SSSR count). The summed E-state index contributed by atoms with van der Waals surface area (Å²) < 4.78 is 20.5. The molecule has 0 saturated heterocycles. The van der Waals surface area contributed by atoms with Crippen LogP contribution in [0, 0.1) is 0 Å². The van der Waals surface area contributed by atoms with Gasteiger partial charge in [0.05, 0.1) is 28.2 Å². The van der Waals surface area contributed by atoms with E-state index in [9.17, 15) is 4.79 Å². The molecule has 0 fully saturated rings. The van der Waals surface area contributed by atoms with E-state index in [1.807, 2.05) is 43.3 Å². The van der Waals surface area contributed by atoms with Crippen LogP contribution in [-0.4, -0.2) is 29.1 Å². The first-order chi connectivity index (χ1) is 18.0. The van der Waals surface area contributed by atoms with Crippen LogP contribution in [0.25, 0.3) is 33.5 Å². The van der Waals surface area contributed by atoms with Crippen LogP contribution in [0.5, 0.6) is 11.5 Å². The highest BCUT2D eigenvalue weighted by Crippen LogP contribution is 2.37. The monoisotopic (exact) mass is 621 g/mol. The van der Waals surface area contributed by atoms with E-state index < -0.39 is 0 Å². The lowest BCUT2D eigenvalue weighted by Gasteiger charge is -2.13. The van der Waals surface area contributed by atoms with Crippen molar-refractivity contribution >= 4 is 59.9 Å². The Morgan fingerprint density at radius 2 is 1.95 bits per heavy atom. The van der Waals surface area contributed by atoms with Crippen molar-refractivity contribution in [3.63, 3.8) is 0 Å². The molecule has 2 aromatic heterocycles. The zero-order valence-corrected chi connectivity index (χ0v) is 23.0. The van der Waals surface area contributed by atoms with Crippen LogP contribution >= 0.6 is 31.9 Å². The van der Waals surface area contributed by atoms with Crippen molar-refractivity contribution in [2.45, 2.75) is 6.92 Å². The second-order valence-corrected chi connectivity index (χ2v) is 9.74. The number of halogens is 2. The van der Waals surface area contributed by atoms with Crippen LogP contribution in [-0.2, 0) is 0 Å². The Morgan fingerprint density at radius 1 is 1.11 bits per heavy atom. The molecule has 9 heteroatoms. The molecule has 0 atom stereocenters. The summed E-state index contributed by atoms with van der Waals surface area (Å²) in [4.78, 5) is 18.2. The molecule has 37 heavy (non-hydrogen) atoms. The van der Waals surface area contributed by atoms with Crippen LogP contribution in [0.1, 0.15) is 12.5 Å². The van der Waals surface area contributed by atoms with Gasteiger partial charge in [-0.1, -0.05) is 40.7 Å². The summed E-state index contributed by atoms with van der Waals surface area (Å²) in [5, 5.41) is 5.87. The van der Waals surface area contributed by atoms with Crippen molar-refractivity contribution in [1.82, 2.24) is 9.66 Å². The SMILES string of the molecule is C=CCOc1c(Br)cc(C=Nn2c(-c3cc4cc(Br)ccc4o3)nc3ccccc3c2=O)cc1OCC. The van der Waals surface area contributed by atoms with E-state index in [-0.39, 0.29) is 5.56 Å². The highest BCUT2D eigenvalue weighted by Gasteiger charge is 2.17. The number of fused-ring (bicyclic) bond motifs is 2. The second-order valence-electron chi connectivity index (χ2n) is 7.97. The zero-order valence-electron chi connectivity index (χ0n) is 19.8. The second kappa shape index (κ2) is 10.7. The van der Waals surface area contributed by atoms with Gasteiger partial charge in [-0.05, 0) is 76.9 Å². The molecule has 7 nitrogen and oxygen atoms in total. The van der Waals surface area contributed by atoms with Gasteiger partial charge in [-0.3, -0.25) is 4.79 Å². The van der Waals surface area contributed by atoms with Gasteiger partial charge in [0, 0.05) is 9.86 Å². The Bertz CT molecular complexity index is 1720. The number of furan rings is 1. The van der Waals surface area contributed by atoms with Crippen LogP contribution in [0.4, 0.5) is 0 Å². The molecule has 186 valence electrons. The fourth-order valence-electron chi connectivity index (χ4n) is 3.85. The van der Waals surface area contributed by atoms with Crippen molar-refractivity contribution in [1.29, 1.82) is 0 Å². The fraction of sp³-hybridized carbons (Fsp3) is 0.107. The van der Waals surface area contributed by atoms with Gasteiger partial charge in [0.2, 0.25) is 5.82 Å². The minimum atomic E-state index is -0.312. The summed E-state index contributed by atoms with van der Waals surface area (Å²) in [6.07, 6.45) is 3.24. The smallest absolute Gasteiger partial charge is 0.282 e. The van der Waals surface area contributed by atoms with Crippen LogP contribution < -0.4 is 15.0 Å². The third-order valence-electron chi connectivity index (χ3n) is 5.45. The maximum atomic E-state index is 13.5. The lowest BCUT2D eigenvalue weighted by Crippen LogP contribution is -2.20. The lowest BCUT2D eigenvalue weighted by molar-refractivity contribution is 0.295. The number of para-hydroxylation sites is 1. The molecule has 0 unspecified atom stereocenters. The lowest BCUT2D eigenvalue weighted by atomic mass is 10.2. The van der Waals surface area contributed by atoms with E-state index >= 15 is 0 Å². The van der Waals surface area contributed by atoms with Crippen LogP contribution in [0.2, 0.25) is 0 Å².